The highest BCUT2D eigenvalue weighted by Gasteiger charge is 2.36. The minimum absolute atomic E-state index is 0.0382. The molecular weight excluding hydrogens is 439 g/mol. The Morgan fingerprint density at radius 1 is 1.24 bits per heavy atom. The van der Waals surface area contributed by atoms with E-state index in [1.165, 1.54) is 34.0 Å². The zero-order chi connectivity index (χ0) is 23.8. The highest BCUT2D eigenvalue weighted by atomic mass is 19.4. The zero-order valence-electron chi connectivity index (χ0n) is 17.1. The van der Waals surface area contributed by atoms with Crippen molar-refractivity contribution in [3.8, 4) is 11.8 Å². The molecule has 1 unspecified atom stereocenters. The number of anilines is 2. The maximum absolute atomic E-state index is 13.3. The number of alkyl halides is 3. The van der Waals surface area contributed by atoms with Crippen molar-refractivity contribution in [3.05, 3.63) is 71.5 Å². The van der Waals surface area contributed by atoms with Gasteiger partial charge in [-0.2, -0.15) is 10.4 Å². The number of fused-ring (bicyclic) bond motifs is 1. The van der Waals surface area contributed by atoms with E-state index in [2.05, 4.69) is 15.2 Å². The van der Waals surface area contributed by atoms with E-state index in [-0.39, 0.29) is 23.8 Å². The van der Waals surface area contributed by atoms with Gasteiger partial charge in [0.05, 0.1) is 36.0 Å². The van der Waals surface area contributed by atoms with Crippen LogP contribution >= 0.6 is 0 Å². The van der Waals surface area contributed by atoms with Gasteiger partial charge < -0.3 is 15.0 Å². The van der Waals surface area contributed by atoms with Crippen LogP contribution < -0.4 is 15.0 Å². The molecule has 0 spiro atoms. The summed E-state index contributed by atoms with van der Waals surface area (Å²) in [6, 6.07) is 12.8. The van der Waals surface area contributed by atoms with Gasteiger partial charge in [0.2, 0.25) is 0 Å². The van der Waals surface area contributed by atoms with Gasteiger partial charge in [-0.1, -0.05) is 6.07 Å². The summed E-state index contributed by atoms with van der Waals surface area (Å²) in [5.41, 5.74) is 1.18. The standard InChI is InChI=1S/C22H16F3N5O3/c1-13-12-29-19(18(11-27-29)20(31)28-15-4-2-3-14(9-15)10-26)21(32)30(13)16-5-7-17(8-6-16)33-22(23,24)25/h2-9,11,13H,12H2,1H3,(H,28,31). The second-order valence-corrected chi connectivity index (χ2v) is 7.30. The first-order valence-corrected chi connectivity index (χ1v) is 9.73. The van der Waals surface area contributed by atoms with E-state index in [1.807, 2.05) is 6.07 Å². The number of rotatable bonds is 4. The van der Waals surface area contributed by atoms with E-state index in [1.54, 1.807) is 25.1 Å². The molecule has 1 atom stereocenters. The monoisotopic (exact) mass is 455 g/mol. The number of ether oxygens (including phenoxy) is 1. The van der Waals surface area contributed by atoms with Crippen molar-refractivity contribution < 1.29 is 27.5 Å². The average molecular weight is 455 g/mol. The molecule has 2 amide bonds. The summed E-state index contributed by atoms with van der Waals surface area (Å²) in [5.74, 6) is -1.51. The fraction of sp³-hybridized carbons (Fsp3) is 0.182. The normalized spacial score (nSPS) is 15.5. The number of benzene rings is 2. The summed E-state index contributed by atoms with van der Waals surface area (Å²) in [5, 5.41) is 15.8. The molecule has 1 N–H and O–H groups in total. The minimum Gasteiger partial charge on any atom is -0.406 e. The lowest BCUT2D eigenvalue weighted by molar-refractivity contribution is -0.274. The number of carbonyl (C=O) groups is 2. The van der Waals surface area contributed by atoms with Gasteiger partial charge in [0.1, 0.15) is 11.4 Å². The lowest BCUT2D eigenvalue weighted by Gasteiger charge is -2.34. The van der Waals surface area contributed by atoms with Gasteiger partial charge in [-0.05, 0) is 49.4 Å². The number of nitrogens with zero attached hydrogens (tertiary/aromatic N) is 4. The highest BCUT2D eigenvalue weighted by Crippen LogP contribution is 2.30. The summed E-state index contributed by atoms with van der Waals surface area (Å²) in [6.07, 6.45) is -3.54. The van der Waals surface area contributed by atoms with Crippen molar-refractivity contribution in [1.82, 2.24) is 9.78 Å². The first-order chi connectivity index (χ1) is 15.7. The second-order valence-electron chi connectivity index (χ2n) is 7.30. The van der Waals surface area contributed by atoms with Gasteiger partial charge in [0.25, 0.3) is 11.8 Å². The van der Waals surface area contributed by atoms with Crippen LogP contribution in [0, 0.1) is 11.3 Å². The lowest BCUT2D eigenvalue weighted by Crippen LogP contribution is -2.47. The smallest absolute Gasteiger partial charge is 0.406 e. The Morgan fingerprint density at radius 3 is 2.64 bits per heavy atom. The molecule has 33 heavy (non-hydrogen) atoms. The summed E-state index contributed by atoms with van der Waals surface area (Å²) in [6.45, 7) is 2.04. The Labute approximate surface area is 185 Å². The van der Waals surface area contributed by atoms with Crippen LogP contribution in [0.3, 0.4) is 0 Å². The molecule has 0 saturated carbocycles. The first-order valence-electron chi connectivity index (χ1n) is 9.73. The van der Waals surface area contributed by atoms with Crippen LogP contribution in [0.25, 0.3) is 0 Å². The second kappa shape index (κ2) is 8.31. The molecule has 1 aliphatic rings. The number of carbonyl (C=O) groups excluding carboxylic acids is 2. The highest BCUT2D eigenvalue weighted by molar-refractivity contribution is 6.15. The van der Waals surface area contributed by atoms with Gasteiger partial charge >= 0.3 is 6.36 Å². The van der Waals surface area contributed by atoms with Crippen molar-refractivity contribution in [2.45, 2.75) is 25.9 Å². The molecular formula is C22H16F3N5O3. The molecule has 0 radical (unpaired) electrons. The fourth-order valence-corrected chi connectivity index (χ4v) is 3.61. The van der Waals surface area contributed by atoms with E-state index in [0.717, 1.165) is 12.1 Å². The van der Waals surface area contributed by atoms with Crippen molar-refractivity contribution in [2.24, 2.45) is 0 Å². The fourth-order valence-electron chi connectivity index (χ4n) is 3.61. The van der Waals surface area contributed by atoms with Gasteiger partial charge in [-0.25, -0.2) is 0 Å². The first kappa shape index (κ1) is 21.9. The number of halogens is 3. The number of hydrogen-bond acceptors (Lipinski definition) is 5. The molecule has 2 aromatic carbocycles. The SMILES string of the molecule is CC1Cn2ncc(C(=O)Nc3cccc(C#N)c3)c2C(=O)N1c1ccc(OC(F)(F)F)cc1. The molecule has 2 heterocycles. The lowest BCUT2D eigenvalue weighted by atomic mass is 10.1. The third-order valence-electron chi connectivity index (χ3n) is 4.98. The molecule has 1 aliphatic heterocycles. The van der Waals surface area contributed by atoms with E-state index in [9.17, 15) is 22.8 Å². The Balaban J connectivity index is 1.60. The van der Waals surface area contributed by atoms with Crippen molar-refractivity contribution in [1.29, 1.82) is 5.26 Å². The van der Waals surface area contributed by atoms with E-state index < -0.39 is 23.9 Å². The maximum atomic E-state index is 13.3. The number of amides is 2. The average Bonchev–Trinajstić information content (AvgIpc) is 3.18. The minimum atomic E-state index is -4.82. The van der Waals surface area contributed by atoms with Crippen LogP contribution in [-0.4, -0.2) is 34.0 Å². The maximum Gasteiger partial charge on any atom is 0.573 e. The van der Waals surface area contributed by atoms with Gasteiger partial charge in [0.15, 0.2) is 0 Å². The van der Waals surface area contributed by atoms with Crippen LogP contribution in [0.2, 0.25) is 0 Å². The molecule has 0 bridgehead atoms. The van der Waals surface area contributed by atoms with Crippen molar-refractivity contribution in [2.75, 3.05) is 10.2 Å². The number of aromatic nitrogens is 2. The van der Waals surface area contributed by atoms with Crippen LogP contribution in [0.5, 0.6) is 5.75 Å². The third-order valence-corrected chi connectivity index (χ3v) is 4.98. The van der Waals surface area contributed by atoms with Gasteiger partial charge in [0, 0.05) is 11.4 Å². The van der Waals surface area contributed by atoms with Crippen molar-refractivity contribution in [3.63, 3.8) is 0 Å². The van der Waals surface area contributed by atoms with E-state index >= 15 is 0 Å². The third kappa shape index (κ3) is 4.50. The molecule has 4 rings (SSSR count). The van der Waals surface area contributed by atoms with Crippen LogP contribution in [-0.2, 0) is 6.54 Å². The topological polar surface area (TPSA) is 100 Å². The largest absolute Gasteiger partial charge is 0.573 e. The Hall–Kier alpha value is -4.33. The summed E-state index contributed by atoms with van der Waals surface area (Å²) in [4.78, 5) is 27.6. The molecule has 168 valence electrons. The molecule has 3 aromatic rings. The molecule has 8 nitrogen and oxygen atoms in total. The Bertz CT molecular complexity index is 1260. The zero-order valence-corrected chi connectivity index (χ0v) is 17.1. The molecule has 0 saturated heterocycles. The Morgan fingerprint density at radius 2 is 1.97 bits per heavy atom. The van der Waals surface area contributed by atoms with E-state index in [0.29, 0.717) is 16.9 Å². The molecule has 1 aromatic heterocycles. The summed E-state index contributed by atoms with van der Waals surface area (Å²) >= 11 is 0. The van der Waals surface area contributed by atoms with Crippen LogP contribution in [0.4, 0.5) is 24.5 Å². The summed E-state index contributed by atoms with van der Waals surface area (Å²) < 4.78 is 42.6. The number of hydrogen-bond donors (Lipinski definition) is 1. The summed E-state index contributed by atoms with van der Waals surface area (Å²) in [7, 11) is 0. The molecule has 11 heteroatoms. The Kier molecular flexibility index (Phi) is 5.51. The predicted molar refractivity (Wildman–Crippen MR) is 111 cm³/mol. The van der Waals surface area contributed by atoms with Gasteiger partial charge in [-0.3, -0.25) is 14.3 Å². The van der Waals surface area contributed by atoms with Crippen LogP contribution in [0.1, 0.15) is 33.3 Å². The quantitative estimate of drug-likeness (QED) is 0.642. The van der Waals surface area contributed by atoms with E-state index in [4.69, 9.17) is 5.26 Å². The van der Waals surface area contributed by atoms with Crippen LogP contribution in [0.15, 0.2) is 54.7 Å². The number of nitriles is 1. The number of nitrogens with one attached hydrogen (secondary N) is 1. The molecule has 0 aliphatic carbocycles. The molecule has 0 fully saturated rings. The predicted octanol–water partition coefficient (Wildman–Crippen LogP) is 3.95. The van der Waals surface area contributed by atoms with Crippen molar-refractivity contribution >= 4 is 23.2 Å². The van der Waals surface area contributed by atoms with Gasteiger partial charge in [-0.15, -0.1) is 13.2 Å².